The van der Waals surface area contributed by atoms with Gasteiger partial charge in [0, 0.05) is 6.54 Å². The summed E-state index contributed by atoms with van der Waals surface area (Å²) >= 11 is 5.85. The Morgan fingerprint density at radius 2 is 1.68 bits per heavy atom. The van der Waals surface area contributed by atoms with Crippen LogP contribution in [0.15, 0.2) is 42.5 Å². The topological polar surface area (TPSA) is 32.3 Å². The van der Waals surface area contributed by atoms with E-state index in [1.807, 2.05) is 0 Å². The molecule has 0 aliphatic heterocycles. The normalized spacial score (nSPS) is 12.2. The summed E-state index contributed by atoms with van der Waals surface area (Å²) in [7, 11) is 0. The molecule has 0 amide bonds. The van der Waals surface area contributed by atoms with E-state index in [9.17, 15) is 13.9 Å². The van der Waals surface area contributed by atoms with Crippen molar-refractivity contribution >= 4 is 17.3 Å². The molecule has 0 radical (unpaired) electrons. The third-order valence-corrected chi connectivity index (χ3v) is 2.98. The van der Waals surface area contributed by atoms with Crippen LogP contribution in [0.2, 0.25) is 5.02 Å². The van der Waals surface area contributed by atoms with Crippen LogP contribution < -0.4 is 5.32 Å². The second-order valence-corrected chi connectivity index (χ2v) is 4.48. The summed E-state index contributed by atoms with van der Waals surface area (Å²) in [5, 5.41) is 13.1. The van der Waals surface area contributed by atoms with Gasteiger partial charge in [0.15, 0.2) is 0 Å². The number of aliphatic hydroxyl groups excluding tert-OH is 1. The van der Waals surface area contributed by atoms with Gasteiger partial charge in [0.1, 0.15) is 11.6 Å². The van der Waals surface area contributed by atoms with E-state index >= 15 is 0 Å². The van der Waals surface area contributed by atoms with Gasteiger partial charge in [-0.05, 0) is 35.9 Å². The number of hydrogen-bond acceptors (Lipinski definition) is 2. The van der Waals surface area contributed by atoms with Crippen molar-refractivity contribution in [1.29, 1.82) is 0 Å². The zero-order valence-corrected chi connectivity index (χ0v) is 10.7. The summed E-state index contributed by atoms with van der Waals surface area (Å²) in [5.41, 5.74) is 1.12. The molecule has 0 saturated carbocycles. The number of rotatable bonds is 4. The Hall–Kier alpha value is -1.65. The van der Waals surface area contributed by atoms with Crippen LogP contribution in [-0.4, -0.2) is 11.7 Å². The number of aliphatic hydroxyl groups is 1. The Kier molecular flexibility index (Phi) is 4.35. The molecule has 0 aliphatic carbocycles. The monoisotopic (exact) mass is 283 g/mol. The van der Waals surface area contributed by atoms with Gasteiger partial charge in [-0.15, -0.1) is 0 Å². The predicted molar refractivity (Wildman–Crippen MR) is 71.3 cm³/mol. The highest BCUT2D eigenvalue weighted by atomic mass is 35.5. The fraction of sp³-hybridized carbons (Fsp3) is 0.143. The molecule has 0 heterocycles. The van der Waals surface area contributed by atoms with E-state index in [2.05, 4.69) is 5.32 Å². The quantitative estimate of drug-likeness (QED) is 0.895. The fourth-order valence-corrected chi connectivity index (χ4v) is 1.88. The third kappa shape index (κ3) is 3.66. The average Bonchev–Trinajstić information content (AvgIpc) is 2.38. The van der Waals surface area contributed by atoms with Gasteiger partial charge in [0.05, 0.1) is 16.8 Å². The molecule has 1 atom stereocenters. The van der Waals surface area contributed by atoms with E-state index in [-0.39, 0.29) is 17.4 Å². The fourth-order valence-electron chi connectivity index (χ4n) is 1.64. The van der Waals surface area contributed by atoms with Crippen LogP contribution in [-0.2, 0) is 0 Å². The lowest BCUT2D eigenvalue weighted by atomic mass is 10.1. The van der Waals surface area contributed by atoms with Gasteiger partial charge in [-0.2, -0.15) is 0 Å². The van der Waals surface area contributed by atoms with Crippen LogP contribution >= 0.6 is 11.6 Å². The van der Waals surface area contributed by atoms with Gasteiger partial charge in [-0.3, -0.25) is 0 Å². The van der Waals surface area contributed by atoms with Gasteiger partial charge in [0.25, 0.3) is 0 Å². The van der Waals surface area contributed by atoms with E-state index < -0.39 is 11.9 Å². The smallest absolute Gasteiger partial charge is 0.124 e. The molecule has 2 nitrogen and oxygen atoms in total. The first-order chi connectivity index (χ1) is 9.06. The average molecular weight is 284 g/mol. The van der Waals surface area contributed by atoms with E-state index in [4.69, 9.17) is 11.6 Å². The maximum atomic E-state index is 12.9. The van der Waals surface area contributed by atoms with Gasteiger partial charge in [-0.25, -0.2) is 8.78 Å². The molecule has 0 bridgehead atoms. The highest BCUT2D eigenvalue weighted by Crippen LogP contribution is 2.23. The zero-order chi connectivity index (χ0) is 13.8. The summed E-state index contributed by atoms with van der Waals surface area (Å²) in [4.78, 5) is 0. The van der Waals surface area contributed by atoms with E-state index in [0.29, 0.717) is 11.3 Å². The van der Waals surface area contributed by atoms with E-state index in [1.54, 1.807) is 0 Å². The van der Waals surface area contributed by atoms with Gasteiger partial charge in [0.2, 0.25) is 0 Å². The lowest BCUT2D eigenvalue weighted by molar-refractivity contribution is 0.191. The molecule has 2 aromatic carbocycles. The number of benzene rings is 2. The number of nitrogens with one attached hydrogen (secondary N) is 1. The van der Waals surface area contributed by atoms with Crippen LogP contribution in [0, 0.1) is 11.6 Å². The molecule has 1 unspecified atom stereocenters. The van der Waals surface area contributed by atoms with Crippen molar-refractivity contribution in [2.45, 2.75) is 6.10 Å². The Morgan fingerprint density at radius 1 is 1.05 bits per heavy atom. The lowest BCUT2D eigenvalue weighted by Crippen LogP contribution is -2.12. The first-order valence-corrected chi connectivity index (χ1v) is 6.06. The largest absolute Gasteiger partial charge is 0.387 e. The lowest BCUT2D eigenvalue weighted by Gasteiger charge is -2.14. The molecule has 19 heavy (non-hydrogen) atoms. The number of halogens is 3. The molecule has 0 saturated heterocycles. The minimum atomic E-state index is -0.804. The Bertz CT molecular complexity index is 560. The van der Waals surface area contributed by atoms with Gasteiger partial charge >= 0.3 is 0 Å². The van der Waals surface area contributed by atoms with Crippen molar-refractivity contribution in [3.8, 4) is 0 Å². The van der Waals surface area contributed by atoms with Crippen LogP contribution in [0.4, 0.5) is 14.5 Å². The molecular formula is C14H12ClF2NO. The minimum absolute atomic E-state index is 0.191. The highest BCUT2D eigenvalue weighted by Gasteiger charge is 2.08. The zero-order valence-electron chi connectivity index (χ0n) is 9.91. The van der Waals surface area contributed by atoms with Crippen molar-refractivity contribution < 1.29 is 13.9 Å². The molecule has 100 valence electrons. The van der Waals surface area contributed by atoms with Crippen LogP contribution in [0.25, 0.3) is 0 Å². The van der Waals surface area contributed by atoms with Crippen molar-refractivity contribution in [1.82, 2.24) is 0 Å². The molecule has 2 rings (SSSR count). The third-order valence-electron chi connectivity index (χ3n) is 2.67. The summed E-state index contributed by atoms with van der Waals surface area (Å²) in [5.74, 6) is -0.778. The van der Waals surface area contributed by atoms with E-state index in [1.165, 1.54) is 42.5 Å². The molecular weight excluding hydrogens is 272 g/mol. The Morgan fingerprint density at radius 3 is 2.32 bits per heavy atom. The molecule has 5 heteroatoms. The summed E-state index contributed by atoms with van der Waals surface area (Å²) in [6, 6.07) is 9.54. The van der Waals surface area contributed by atoms with Gasteiger partial charge in [-0.1, -0.05) is 23.7 Å². The highest BCUT2D eigenvalue weighted by molar-refractivity contribution is 6.33. The summed E-state index contributed by atoms with van der Waals surface area (Å²) in [6.45, 7) is 0.191. The van der Waals surface area contributed by atoms with Gasteiger partial charge < -0.3 is 10.4 Å². The van der Waals surface area contributed by atoms with Crippen LogP contribution in [0.1, 0.15) is 11.7 Å². The predicted octanol–water partition coefficient (Wildman–Crippen LogP) is 3.76. The molecule has 0 fully saturated rings. The minimum Gasteiger partial charge on any atom is -0.387 e. The van der Waals surface area contributed by atoms with Crippen molar-refractivity contribution in [2.24, 2.45) is 0 Å². The van der Waals surface area contributed by atoms with Crippen molar-refractivity contribution in [3.05, 3.63) is 64.7 Å². The van der Waals surface area contributed by atoms with Crippen molar-refractivity contribution in [3.63, 3.8) is 0 Å². The molecule has 2 aromatic rings. The Balaban J connectivity index is 2.00. The second kappa shape index (κ2) is 5.99. The first-order valence-electron chi connectivity index (χ1n) is 5.69. The first kappa shape index (κ1) is 13.8. The molecule has 2 N–H and O–H groups in total. The summed E-state index contributed by atoms with van der Waals surface area (Å²) < 4.78 is 25.6. The molecule has 0 aromatic heterocycles. The van der Waals surface area contributed by atoms with Crippen LogP contribution in [0.5, 0.6) is 0 Å². The number of hydrogen-bond donors (Lipinski definition) is 2. The Labute approximate surface area is 114 Å². The molecule has 0 aliphatic rings. The number of anilines is 1. The van der Waals surface area contributed by atoms with E-state index in [0.717, 1.165) is 0 Å². The second-order valence-electron chi connectivity index (χ2n) is 4.07. The van der Waals surface area contributed by atoms with Crippen LogP contribution in [0.3, 0.4) is 0 Å². The standard InChI is InChI=1S/C14H12ClF2NO/c15-12-7-11(17)5-6-13(12)18-8-14(19)9-1-3-10(16)4-2-9/h1-7,14,18-19H,8H2. The SMILES string of the molecule is OC(CNc1ccc(F)cc1Cl)c1ccc(F)cc1. The molecule has 0 spiro atoms. The maximum absolute atomic E-state index is 12.9. The maximum Gasteiger partial charge on any atom is 0.124 e. The summed E-state index contributed by atoms with van der Waals surface area (Å²) in [6.07, 6.45) is -0.804. The van der Waals surface area contributed by atoms with Crippen molar-refractivity contribution in [2.75, 3.05) is 11.9 Å².